The highest BCUT2D eigenvalue weighted by Crippen LogP contribution is 2.27. The smallest absolute Gasteiger partial charge is 0.226 e. The highest BCUT2D eigenvalue weighted by molar-refractivity contribution is 6.31. The first-order valence-corrected chi connectivity index (χ1v) is 8.47. The van der Waals surface area contributed by atoms with E-state index in [-0.39, 0.29) is 23.3 Å². The van der Waals surface area contributed by atoms with Gasteiger partial charge in [-0.05, 0) is 35.4 Å². The molecule has 0 aliphatic carbocycles. The lowest BCUT2D eigenvalue weighted by Gasteiger charge is -2.22. The van der Waals surface area contributed by atoms with E-state index < -0.39 is 17.8 Å². The van der Waals surface area contributed by atoms with Crippen LogP contribution in [-0.2, 0) is 9.59 Å². The van der Waals surface area contributed by atoms with E-state index >= 15 is 0 Å². The van der Waals surface area contributed by atoms with Gasteiger partial charge >= 0.3 is 0 Å². The van der Waals surface area contributed by atoms with E-state index in [1.54, 1.807) is 30.3 Å². The van der Waals surface area contributed by atoms with Crippen molar-refractivity contribution < 1.29 is 14.0 Å². The number of benzene rings is 2. The molecule has 0 unspecified atom stereocenters. The Bertz CT molecular complexity index is 811. The van der Waals surface area contributed by atoms with Crippen LogP contribution >= 0.6 is 23.2 Å². The fourth-order valence-corrected chi connectivity index (χ4v) is 3.07. The zero-order valence-electron chi connectivity index (χ0n) is 13.1. The molecule has 4 nitrogen and oxygen atoms in total. The monoisotopic (exact) mass is 380 g/mol. The molecule has 1 saturated heterocycles. The average Bonchev–Trinajstić information content (AvgIpc) is 3.03. The normalized spacial score (nSPS) is 17.9. The molecule has 0 saturated carbocycles. The third kappa shape index (κ3) is 4.11. The lowest BCUT2D eigenvalue weighted by Crippen LogP contribution is -2.35. The van der Waals surface area contributed by atoms with E-state index in [4.69, 9.17) is 23.2 Å². The summed E-state index contributed by atoms with van der Waals surface area (Å²) in [6, 6.07) is 10.8. The van der Waals surface area contributed by atoms with Crippen LogP contribution in [0.4, 0.5) is 4.39 Å². The zero-order chi connectivity index (χ0) is 18.0. The van der Waals surface area contributed by atoms with Crippen LogP contribution in [-0.4, -0.2) is 18.4 Å². The minimum atomic E-state index is -0.530. The molecule has 25 heavy (non-hydrogen) atoms. The van der Waals surface area contributed by atoms with Gasteiger partial charge in [0.05, 0.1) is 17.0 Å². The molecule has 130 valence electrons. The fraction of sp³-hybridized carbons (Fsp3) is 0.222. The van der Waals surface area contributed by atoms with Gasteiger partial charge in [-0.15, -0.1) is 0 Å². The lowest BCUT2D eigenvalue weighted by atomic mass is 9.97. The summed E-state index contributed by atoms with van der Waals surface area (Å²) in [5.74, 6) is -1.36. The second kappa shape index (κ2) is 7.42. The van der Waals surface area contributed by atoms with Gasteiger partial charge in [0.25, 0.3) is 0 Å². The van der Waals surface area contributed by atoms with E-state index in [1.807, 2.05) is 0 Å². The molecule has 0 spiro atoms. The topological polar surface area (TPSA) is 58.2 Å². The molecule has 0 bridgehead atoms. The van der Waals surface area contributed by atoms with Crippen LogP contribution in [0.15, 0.2) is 42.5 Å². The van der Waals surface area contributed by atoms with Gasteiger partial charge in [-0.1, -0.05) is 41.4 Å². The Kier molecular flexibility index (Phi) is 5.25. The maximum Gasteiger partial charge on any atom is 0.226 e. The van der Waals surface area contributed by atoms with Crippen LogP contribution < -0.4 is 10.6 Å². The molecule has 7 heteroatoms. The van der Waals surface area contributed by atoms with Crippen LogP contribution in [0, 0.1) is 11.7 Å². The lowest BCUT2D eigenvalue weighted by molar-refractivity contribution is -0.126. The molecule has 0 aromatic heterocycles. The van der Waals surface area contributed by atoms with Gasteiger partial charge in [-0.25, -0.2) is 4.39 Å². The molecule has 2 aromatic rings. The Morgan fingerprint density at radius 2 is 1.84 bits per heavy atom. The number of amides is 2. The van der Waals surface area contributed by atoms with Crippen molar-refractivity contribution in [3.8, 4) is 0 Å². The molecule has 2 aromatic carbocycles. The van der Waals surface area contributed by atoms with Gasteiger partial charge in [0.2, 0.25) is 11.8 Å². The summed E-state index contributed by atoms with van der Waals surface area (Å²) in [4.78, 5) is 23.9. The summed E-state index contributed by atoms with van der Waals surface area (Å²) in [7, 11) is 0. The minimum Gasteiger partial charge on any atom is -0.355 e. The largest absolute Gasteiger partial charge is 0.355 e. The van der Waals surface area contributed by atoms with Crippen LogP contribution in [0.2, 0.25) is 10.0 Å². The predicted octanol–water partition coefficient (Wildman–Crippen LogP) is 3.47. The summed E-state index contributed by atoms with van der Waals surface area (Å²) in [6.45, 7) is 0.308. The van der Waals surface area contributed by atoms with Crippen LogP contribution in [0.5, 0.6) is 0 Å². The first kappa shape index (κ1) is 17.7. The van der Waals surface area contributed by atoms with Gasteiger partial charge in [-0.2, -0.15) is 0 Å². The molecule has 1 fully saturated rings. The van der Waals surface area contributed by atoms with Crippen molar-refractivity contribution in [3.63, 3.8) is 0 Å². The number of hydrogen-bond acceptors (Lipinski definition) is 2. The molecule has 1 aliphatic rings. The van der Waals surface area contributed by atoms with Crippen molar-refractivity contribution in [3.05, 3.63) is 69.5 Å². The van der Waals surface area contributed by atoms with Crippen molar-refractivity contribution in [2.75, 3.05) is 6.54 Å². The van der Waals surface area contributed by atoms with E-state index in [1.165, 1.54) is 12.1 Å². The highest BCUT2D eigenvalue weighted by atomic mass is 35.5. The van der Waals surface area contributed by atoms with Crippen LogP contribution in [0.25, 0.3) is 0 Å². The van der Waals surface area contributed by atoms with Gasteiger partial charge in [0.1, 0.15) is 5.82 Å². The Hall–Kier alpha value is -2.11. The molecule has 1 aliphatic heterocycles. The molecule has 3 rings (SSSR count). The summed E-state index contributed by atoms with van der Waals surface area (Å²) >= 11 is 11.8. The number of carbonyl (C=O) groups is 2. The fourth-order valence-electron chi connectivity index (χ4n) is 2.76. The van der Waals surface area contributed by atoms with E-state index in [0.717, 1.165) is 5.56 Å². The average molecular weight is 381 g/mol. The summed E-state index contributed by atoms with van der Waals surface area (Å²) in [5, 5.41) is 6.10. The van der Waals surface area contributed by atoms with Gasteiger partial charge in [0, 0.05) is 18.0 Å². The third-order valence-electron chi connectivity index (χ3n) is 4.12. The van der Waals surface area contributed by atoms with Gasteiger partial charge in [-0.3, -0.25) is 9.59 Å². The molecule has 1 heterocycles. The number of halogens is 3. The number of hydrogen-bond donors (Lipinski definition) is 2. The van der Waals surface area contributed by atoms with Crippen molar-refractivity contribution in [2.24, 2.45) is 5.92 Å². The van der Waals surface area contributed by atoms with Crippen molar-refractivity contribution in [2.45, 2.75) is 12.5 Å². The molecule has 2 atom stereocenters. The SMILES string of the molecule is O=C1C[C@H](C(=O)N[C@H](c2ccc(Cl)cc2)c2ccc(F)c(Cl)c2)CN1. The Morgan fingerprint density at radius 1 is 1.16 bits per heavy atom. The number of nitrogens with one attached hydrogen (secondary N) is 2. The van der Waals surface area contributed by atoms with E-state index in [0.29, 0.717) is 17.1 Å². The molecule has 0 radical (unpaired) electrons. The van der Waals surface area contributed by atoms with Crippen molar-refractivity contribution >= 4 is 35.0 Å². The summed E-state index contributed by atoms with van der Waals surface area (Å²) in [5.41, 5.74) is 1.41. The van der Waals surface area contributed by atoms with Crippen molar-refractivity contribution in [1.82, 2.24) is 10.6 Å². The third-order valence-corrected chi connectivity index (χ3v) is 4.66. The second-order valence-electron chi connectivity index (χ2n) is 5.87. The van der Waals surface area contributed by atoms with E-state index in [9.17, 15) is 14.0 Å². The molecular weight excluding hydrogens is 366 g/mol. The number of carbonyl (C=O) groups excluding carboxylic acids is 2. The molecular formula is C18H15Cl2FN2O2. The highest BCUT2D eigenvalue weighted by Gasteiger charge is 2.30. The summed E-state index contributed by atoms with van der Waals surface area (Å²) < 4.78 is 13.5. The van der Waals surface area contributed by atoms with Gasteiger partial charge < -0.3 is 10.6 Å². The van der Waals surface area contributed by atoms with E-state index in [2.05, 4.69) is 10.6 Å². The number of rotatable bonds is 4. The maximum absolute atomic E-state index is 13.5. The molecule has 2 amide bonds. The van der Waals surface area contributed by atoms with Gasteiger partial charge in [0.15, 0.2) is 0 Å². The Labute approximate surface area is 154 Å². The second-order valence-corrected chi connectivity index (χ2v) is 6.72. The zero-order valence-corrected chi connectivity index (χ0v) is 14.6. The first-order valence-electron chi connectivity index (χ1n) is 7.71. The molecule has 2 N–H and O–H groups in total. The summed E-state index contributed by atoms with van der Waals surface area (Å²) in [6.07, 6.45) is 0.156. The Balaban J connectivity index is 1.91. The Morgan fingerprint density at radius 3 is 2.44 bits per heavy atom. The first-order chi connectivity index (χ1) is 11.9. The van der Waals surface area contributed by atoms with Crippen molar-refractivity contribution in [1.29, 1.82) is 0 Å². The minimum absolute atomic E-state index is 0.0246. The maximum atomic E-state index is 13.5. The van der Waals surface area contributed by atoms with Crippen LogP contribution in [0.1, 0.15) is 23.6 Å². The predicted molar refractivity (Wildman–Crippen MR) is 94.0 cm³/mol. The van der Waals surface area contributed by atoms with Crippen LogP contribution in [0.3, 0.4) is 0 Å². The standard InChI is InChI=1S/C18H15Cl2FN2O2/c19-13-4-1-10(2-5-13)17(11-3-6-15(21)14(20)7-11)23-18(25)12-8-16(24)22-9-12/h1-7,12,17H,8-9H2,(H,22,24)(H,23,25)/t12-,17+/m0/s1. The quantitative estimate of drug-likeness (QED) is 0.852.